The third-order valence-electron chi connectivity index (χ3n) is 5.45. The number of benzene rings is 1. The zero-order valence-electron chi connectivity index (χ0n) is 16.3. The minimum Gasteiger partial charge on any atom is -0.378 e. The van der Waals surface area contributed by atoms with Gasteiger partial charge in [-0.2, -0.15) is 0 Å². The third-order valence-corrected chi connectivity index (χ3v) is 5.45. The first-order valence-electron chi connectivity index (χ1n) is 9.90. The third kappa shape index (κ3) is 4.22. The van der Waals surface area contributed by atoms with Gasteiger partial charge in [-0.05, 0) is 30.5 Å². The summed E-state index contributed by atoms with van der Waals surface area (Å²) in [6.07, 6.45) is 7.75. The predicted molar refractivity (Wildman–Crippen MR) is 108 cm³/mol. The second-order valence-electron chi connectivity index (χ2n) is 7.57. The SMILES string of the molecule is CN(C)c1ccc(/C=C/CN2CCc3nnc(C4CCCO4)n3CC2)cc1. The van der Waals surface area contributed by atoms with Gasteiger partial charge in [0.25, 0.3) is 0 Å². The molecular formula is C21H29N5O. The van der Waals surface area contributed by atoms with Gasteiger partial charge >= 0.3 is 0 Å². The molecule has 1 atom stereocenters. The molecule has 3 heterocycles. The van der Waals surface area contributed by atoms with Crippen LogP contribution in [0.3, 0.4) is 0 Å². The van der Waals surface area contributed by atoms with Crippen molar-refractivity contribution in [2.75, 3.05) is 45.2 Å². The van der Waals surface area contributed by atoms with Crippen LogP contribution in [-0.4, -0.2) is 60.0 Å². The Labute approximate surface area is 161 Å². The van der Waals surface area contributed by atoms with Crippen LogP contribution in [0.5, 0.6) is 0 Å². The summed E-state index contributed by atoms with van der Waals surface area (Å²) in [7, 11) is 4.13. The van der Waals surface area contributed by atoms with Gasteiger partial charge in [-0.1, -0.05) is 24.3 Å². The molecule has 27 heavy (non-hydrogen) atoms. The molecule has 2 aromatic rings. The minimum absolute atomic E-state index is 0.142. The minimum atomic E-state index is 0.142. The Hall–Kier alpha value is -2.18. The van der Waals surface area contributed by atoms with Crippen molar-refractivity contribution in [3.63, 3.8) is 0 Å². The number of anilines is 1. The smallest absolute Gasteiger partial charge is 0.162 e. The number of hydrogen-bond donors (Lipinski definition) is 0. The Morgan fingerprint density at radius 2 is 2.00 bits per heavy atom. The molecule has 0 amide bonds. The quantitative estimate of drug-likeness (QED) is 0.813. The highest BCUT2D eigenvalue weighted by Crippen LogP contribution is 2.28. The molecule has 0 spiro atoms. The zero-order chi connectivity index (χ0) is 18.6. The summed E-state index contributed by atoms with van der Waals surface area (Å²) >= 11 is 0. The average Bonchev–Trinajstić information content (AvgIpc) is 3.29. The Bertz CT molecular complexity index is 774. The number of hydrogen-bond acceptors (Lipinski definition) is 5. The summed E-state index contributed by atoms with van der Waals surface area (Å²) in [5.74, 6) is 2.13. The van der Waals surface area contributed by atoms with E-state index in [-0.39, 0.29) is 6.10 Å². The van der Waals surface area contributed by atoms with Crippen LogP contribution < -0.4 is 4.90 Å². The van der Waals surface area contributed by atoms with Crippen molar-refractivity contribution in [1.82, 2.24) is 19.7 Å². The standard InChI is InChI=1S/C21H29N5O/c1-24(2)18-9-7-17(8-10-18)5-3-12-25-13-11-20-22-23-21(26(20)15-14-25)19-6-4-16-27-19/h3,5,7-10,19H,4,6,11-16H2,1-2H3/b5-3+. The van der Waals surface area contributed by atoms with E-state index in [4.69, 9.17) is 4.74 Å². The van der Waals surface area contributed by atoms with Crippen molar-refractivity contribution in [2.24, 2.45) is 0 Å². The van der Waals surface area contributed by atoms with E-state index in [1.54, 1.807) is 0 Å². The molecule has 1 unspecified atom stereocenters. The molecule has 1 fully saturated rings. The van der Waals surface area contributed by atoms with Crippen molar-refractivity contribution < 1.29 is 4.74 Å². The Balaban J connectivity index is 1.33. The van der Waals surface area contributed by atoms with Crippen molar-refractivity contribution >= 4 is 11.8 Å². The van der Waals surface area contributed by atoms with Crippen LogP contribution >= 0.6 is 0 Å². The van der Waals surface area contributed by atoms with Crippen molar-refractivity contribution in [3.8, 4) is 0 Å². The molecular weight excluding hydrogens is 338 g/mol. The number of nitrogens with zero attached hydrogens (tertiary/aromatic N) is 5. The lowest BCUT2D eigenvalue weighted by molar-refractivity contribution is 0.101. The molecule has 6 heteroatoms. The molecule has 0 N–H and O–H groups in total. The van der Waals surface area contributed by atoms with Gasteiger partial charge < -0.3 is 14.2 Å². The lowest BCUT2D eigenvalue weighted by atomic mass is 10.2. The van der Waals surface area contributed by atoms with Gasteiger partial charge in [-0.15, -0.1) is 10.2 Å². The molecule has 0 saturated carbocycles. The normalized spacial score (nSPS) is 20.7. The Morgan fingerprint density at radius 3 is 2.74 bits per heavy atom. The Morgan fingerprint density at radius 1 is 1.15 bits per heavy atom. The van der Waals surface area contributed by atoms with E-state index >= 15 is 0 Å². The van der Waals surface area contributed by atoms with Crippen LogP contribution in [-0.2, 0) is 17.7 Å². The highest BCUT2D eigenvalue weighted by molar-refractivity contribution is 5.55. The molecule has 2 aliphatic rings. The summed E-state index contributed by atoms with van der Waals surface area (Å²) in [6, 6.07) is 8.65. The highest BCUT2D eigenvalue weighted by Gasteiger charge is 2.26. The van der Waals surface area contributed by atoms with Gasteiger partial charge in [0, 0.05) is 59.0 Å². The first-order chi connectivity index (χ1) is 13.2. The topological polar surface area (TPSA) is 46.4 Å². The van der Waals surface area contributed by atoms with Crippen LogP contribution in [0.4, 0.5) is 5.69 Å². The second kappa shape index (κ2) is 8.23. The summed E-state index contributed by atoms with van der Waals surface area (Å²) in [4.78, 5) is 4.60. The number of rotatable bonds is 5. The number of ether oxygens (including phenoxy) is 1. The van der Waals surface area contributed by atoms with Crippen LogP contribution in [0.25, 0.3) is 6.08 Å². The molecule has 1 saturated heterocycles. The summed E-state index contributed by atoms with van der Waals surface area (Å²) < 4.78 is 8.11. The molecule has 0 aliphatic carbocycles. The van der Waals surface area contributed by atoms with E-state index in [2.05, 4.69) is 75.1 Å². The fourth-order valence-corrected chi connectivity index (χ4v) is 3.81. The zero-order valence-corrected chi connectivity index (χ0v) is 16.3. The Kier molecular flexibility index (Phi) is 5.55. The van der Waals surface area contributed by atoms with E-state index in [0.29, 0.717) is 0 Å². The van der Waals surface area contributed by atoms with E-state index in [0.717, 1.165) is 63.7 Å². The molecule has 0 bridgehead atoms. The lowest BCUT2D eigenvalue weighted by Gasteiger charge is -2.18. The summed E-state index contributed by atoms with van der Waals surface area (Å²) in [5, 5.41) is 8.85. The predicted octanol–water partition coefficient (Wildman–Crippen LogP) is 2.77. The molecule has 144 valence electrons. The maximum atomic E-state index is 5.82. The van der Waals surface area contributed by atoms with Crippen LogP contribution in [0, 0.1) is 0 Å². The molecule has 2 aliphatic heterocycles. The van der Waals surface area contributed by atoms with Crippen molar-refractivity contribution in [3.05, 3.63) is 47.6 Å². The fourth-order valence-electron chi connectivity index (χ4n) is 3.81. The number of aromatic nitrogens is 3. The second-order valence-corrected chi connectivity index (χ2v) is 7.57. The molecule has 1 aromatic carbocycles. The lowest BCUT2D eigenvalue weighted by Crippen LogP contribution is -2.27. The van der Waals surface area contributed by atoms with Gasteiger partial charge in [0.05, 0.1) is 0 Å². The summed E-state index contributed by atoms with van der Waals surface area (Å²) in [6.45, 7) is 4.80. The van der Waals surface area contributed by atoms with Crippen LogP contribution in [0.2, 0.25) is 0 Å². The molecule has 1 aromatic heterocycles. The van der Waals surface area contributed by atoms with Crippen LogP contribution in [0.1, 0.15) is 36.2 Å². The van der Waals surface area contributed by atoms with E-state index in [1.807, 2.05) is 0 Å². The van der Waals surface area contributed by atoms with E-state index in [1.165, 1.54) is 11.3 Å². The first kappa shape index (κ1) is 18.2. The van der Waals surface area contributed by atoms with E-state index < -0.39 is 0 Å². The first-order valence-corrected chi connectivity index (χ1v) is 9.90. The molecule has 0 radical (unpaired) electrons. The van der Waals surface area contributed by atoms with Crippen LogP contribution in [0.15, 0.2) is 30.3 Å². The van der Waals surface area contributed by atoms with E-state index in [9.17, 15) is 0 Å². The number of fused-ring (bicyclic) bond motifs is 1. The van der Waals surface area contributed by atoms with Crippen molar-refractivity contribution in [2.45, 2.75) is 31.9 Å². The average molecular weight is 367 g/mol. The fraction of sp³-hybridized carbons (Fsp3) is 0.524. The van der Waals surface area contributed by atoms with Gasteiger partial charge in [0.15, 0.2) is 5.82 Å². The highest BCUT2D eigenvalue weighted by atomic mass is 16.5. The maximum Gasteiger partial charge on any atom is 0.162 e. The maximum absolute atomic E-state index is 5.82. The van der Waals surface area contributed by atoms with Gasteiger partial charge in [-0.3, -0.25) is 4.90 Å². The summed E-state index contributed by atoms with van der Waals surface area (Å²) in [5.41, 5.74) is 2.47. The molecule has 6 nitrogen and oxygen atoms in total. The van der Waals surface area contributed by atoms with Gasteiger partial charge in [-0.25, -0.2) is 0 Å². The molecule has 4 rings (SSSR count). The van der Waals surface area contributed by atoms with Gasteiger partial charge in [0.1, 0.15) is 11.9 Å². The van der Waals surface area contributed by atoms with Crippen molar-refractivity contribution in [1.29, 1.82) is 0 Å². The largest absolute Gasteiger partial charge is 0.378 e. The monoisotopic (exact) mass is 367 g/mol. The van der Waals surface area contributed by atoms with Gasteiger partial charge in [0.2, 0.25) is 0 Å².